The zero-order valence-electron chi connectivity index (χ0n) is 29.9. The van der Waals surface area contributed by atoms with Crippen LogP contribution in [0.25, 0.3) is 80.7 Å². The Morgan fingerprint density at radius 2 is 0.964 bits per heavy atom. The molecule has 2 aromatic heterocycles. The zero-order valence-corrected chi connectivity index (χ0v) is 30.7. The van der Waals surface area contributed by atoms with Gasteiger partial charge in [-0.3, -0.25) is 0 Å². The normalized spacial score (nSPS) is 11.6. The molecule has 0 atom stereocenters. The molecular formula is C52H34N2S. The van der Waals surface area contributed by atoms with Gasteiger partial charge in [0.15, 0.2) is 0 Å². The van der Waals surface area contributed by atoms with Gasteiger partial charge in [-0.1, -0.05) is 152 Å². The Labute approximate surface area is 323 Å². The highest BCUT2D eigenvalue weighted by atomic mass is 32.1. The number of aromatic nitrogens is 1. The Kier molecular flexibility index (Phi) is 7.39. The summed E-state index contributed by atoms with van der Waals surface area (Å²) in [5, 5.41) is 7.62. The predicted octanol–water partition coefficient (Wildman–Crippen LogP) is 15.1. The van der Waals surface area contributed by atoms with Gasteiger partial charge in [0.2, 0.25) is 0 Å². The van der Waals surface area contributed by atoms with Crippen molar-refractivity contribution in [2.24, 2.45) is 0 Å². The van der Waals surface area contributed by atoms with Crippen LogP contribution in [0.4, 0.5) is 17.1 Å². The van der Waals surface area contributed by atoms with E-state index in [0.29, 0.717) is 0 Å². The molecule has 3 heteroatoms. The molecule has 11 rings (SSSR count). The van der Waals surface area contributed by atoms with Gasteiger partial charge in [-0.25, -0.2) is 0 Å². The van der Waals surface area contributed by atoms with E-state index in [9.17, 15) is 0 Å². The van der Waals surface area contributed by atoms with Gasteiger partial charge in [0, 0.05) is 48.0 Å². The summed E-state index contributed by atoms with van der Waals surface area (Å²) in [5.41, 5.74) is 11.8. The maximum absolute atomic E-state index is 2.46. The van der Waals surface area contributed by atoms with Gasteiger partial charge in [-0.2, -0.15) is 0 Å². The van der Waals surface area contributed by atoms with Crippen LogP contribution in [0, 0.1) is 0 Å². The molecule has 0 aliphatic heterocycles. The van der Waals surface area contributed by atoms with Crippen molar-refractivity contribution in [2.45, 2.75) is 0 Å². The van der Waals surface area contributed by atoms with E-state index in [0.717, 1.165) is 17.1 Å². The van der Waals surface area contributed by atoms with Gasteiger partial charge < -0.3 is 9.47 Å². The molecule has 0 spiro atoms. The fourth-order valence-electron chi connectivity index (χ4n) is 8.39. The predicted molar refractivity (Wildman–Crippen MR) is 237 cm³/mol. The number of para-hydroxylation sites is 2. The summed E-state index contributed by atoms with van der Waals surface area (Å²) in [7, 11) is 0. The first-order valence-electron chi connectivity index (χ1n) is 18.8. The van der Waals surface area contributed by atoms with Crippen molar-refractivity contribution in [3.63, 3.8) is 0 Å². The molecule has 0 radical (unpaired) electrons. The van der Waals surface area contributed by atoms with Crippen LogP contribution in [-0.4, -0.2) is 4.57 Å². The van der Waals surface area contributed by atoms with Gasteiger partial charge in [-0.15, -0.1) is 11.3 Å². The highest BCUT2D eigenvalue weighted by Crippen LogP contribution is 2.47. The fourth-order valence-corrected chi connectivity index (χ4v) is 9.65. The smallest absolute Gasteiger partial charge is 0.0561 e. The van der Waals surface area contributed by atoms with Crippen LogP contribution >= 0.6 is 11.3 Å². The maximum Gasteiger partial charge on any atom is 0.0561 e. The first-order chi connectivity index (χ1) is 27.3. The topological polar surface area (TPSA) is 8.17 Å². The zero-order chi connectivity index (χ0) is 36.3. The van der Waals surface area contributed by atoms with Gasteiger partial charge >= 0.3 is 0 Å². The van der Waals surface area contributed by atoms with E-state index < -0.39 is 0 Å². The summed E-state index contributed by atoms with van der Waals surface area (Å²) < 4.78 is 5.01. The van der Waals surface area contributed by atoms with Crippen LogP contribution in [0.2, 0.25) is 0 Å². The molecule has 0 amide bonds. The molecule has 0 N–H and O–H groups in total. The molecule has 0 aliphatic rings. The lowest BCUT2D eigenvalue weighted by Gasteiger charge is -2.27. The summed E-state index contributed by atoms with van der Waals surface area (Å²) in [6, 6.07) is 75.1. The first-order valence-corrected chi connectivity index (χ1v) is 19.6. The van der Waals surface area contributed by atoms with E-state index in [2.05, 4.69) is 216 Å². The first kappa shape index (κ1) is 31.6. The molecule has 55 heavy (non-hydrogen) atoms. The number of anilines is 3. The van der Waals surface area contributed by atoms with Crippen LogP contribution in [0.3, 0.4) is 0 Å². The van der Waals surface area contributed by atoms with Crippen molar-refractivity contribution in [3.8, 4) is 27.9 Å². The lowest BCUT2D eigenvalue weighted by molar-refractivity contribution is 1.18. The summed E-state index contributed by atoms with van der Waals surface area (Å²) in [4.78, 5) is 2.46. The molecule has 0 saturated carbocycles. The van der Waals surface area contributed by atoms with Gasteiger partial charge in [-0.05, 0) is 87.6 Å². The van der Waals surface area contributed by atoms with E-state index in [1.54, 1.807) is 0 Å². The molecule has 0 unspecified atom stereocenters. The molecule has 9 aromatic carbocycles. The average Bonchev–Trinajstić information content (AvgIpc) is 3.81. The molecule has 2 nitrogen and oxygen atoms in total. The van der Waals surface area contributed by atoms with Gasteiger partial charge in [0.05, 0.1) is 16.7 Å². The lowest BCUT2D eigenvalue weighted by atomic mass is 10.00. The number of rotatable bonds is 6. The van der Waals surface area contributed by atoms with Crippen LogP contribution in [0.5, 0.6) is 0 Å². The van der Waals surface area contributed by atoms with Crippen molar-refractivity contribution in [1.29, 1.82) is 0 Å². The third kappa shape index (κ3) is 5.24. The number of thiophene rings is 1. The molecule has 0 saturated heterocycles. The Bertz CT molecular complexity index is 3180. The van der Waals surface area contributed by atoms with Crippen molar-refractivity contribution in [3.05, 3.63) is 206 Å². The van der Waals surface area contributed by atoms with Crippen LogP contribution < -0.4 is 4.90 Å². The van der Waals surface area contributed by atoms with Crippen molar-refractivity contribution >= 4 is 81.1 Å². The number of hydrogen-bond donors (Lipinski definition) is 0. The van der Waals surface area contributed by atoms with E-state index in [-0.39, 0.29) is 0 Å². The van der Waals surface area contributed by atoms with Gasteiger partial charge in [0.1, 0.15) is 0 Å². The second-order valence-electron chi connectivity index (χ2n) is 14.1. The Morgan fingerprint density at radius 3 is 1.73 bits per heavy atom. The van der Waals surface area contributed by atoms with E-state index in [1.807, 2.05) is 11.3 Å². The Hall–Kier alpha value is -6.94. The van der Waals surface area contributed by atoms with Crippen LogP contribution in [0.15, 0.2) is 206 Å². The second kappa shape index (κ2) is 12.9. The SMILES string of the molecule is c1ccc(-c2ccc(-c3ccc(N(c4ccc5c6ccccc6n(-c6ccccc6)c5c4)c4cccc5sc6c7ccccc7ccc6c45)cc3)cc2)cc1. The maximum atomic E-state index is 2.46. The highest BCUT2D eigenvalue weighted by molar-refractivity contribution is 7.26. The molecule has 11 aromatic rings. The minimum absolute atomic E-state index is 1.11. The Balaban J connectivity index is 1.12. The second-order valence-corrected chi connectivity index (χ2v) is 15.2. The molecular weight excluding hydrogens is 685 g/mol. The average molecular weight is 719 g/mol. The third-order valence-corrected chi connectivity index (χ3v) is 12.2. The van der Waals surface area contributed by atoms with E-state index in [4.69, 9.17) is 0 Å². The van der Waals surface area contributed by atoms with Gasteiger partial charge in [0.25, 0.3) is 0 Å². The number of nitrogens with zero attached hydrogens (tertiary/aromatic N) is 2. The summed E-state index contributed by atoms with van der Waals surface area (Å²) >= 11 is 1.89. The molecule has 0 bridgehead atoms. The van der Waals surface area contributed by atoms with Crippen molar-refractivity contribution in [2.75, 3.05) is 4.90 Å². The highest BCUT2D eigenvalue weighted by Gasteiger charge is 2.21. The minimum Gasteiger partial charge on any atom is -0.310 e. The molecule has 2 heterocycles. The van der Waals surface area contributed by atoms with Crippen molar-refractivity contribution in [1.82, 2.24) is 4.57 Å². The number of hydrogen-bond acceptors (Lipinski definition) is 2. The minimum atomic E-state index is 1.11. The van der Waals surface area contributed by atoms with Crippen LogP contribution in [0.1, 0.15) is 0 Å². The number of benzene rings is 9. The largest absolute Gasteiger partial charge is 0.310 e. The van der Waals surface area contributed by atoms with E-state index in [1.165, 1.54) is 80.7 Å². The fraction of sp³-hybridized carbons (Fsp3) is 0. The third-order valence-electron chi connectivity index (χ3n) is 11.0. The van der Waals surface area contributed by atoms with E-state index >= 15 is 0 Å². The monoisotopic (exact) mass is 718 g/mol. The molecule has 0 fully saturated rings. The summed E-state index contributed by atoms with van der Waals surface area (Å²) in [5.74, 6) is 0. The standard InChI is InChI=1S/C52H34N2S/c1-3-12-35(13-4-1)36-22-24-37(25-23-36)38-26-29-41(30-27-38)53(48-20-11-21-50-51(48)46-32-28-39-14-7-8-17-43(39)52(46)55-50)42-31-33-45-44-18-9-10-19-47(44)54(49(45)34-42)40-15-5-2-6-16-40/h1-34H. The summed E-state index contributed by atoms with van der Waals surface area (Å²) in [6.45, 7) is 0. The van der Waals surface area contributed by atoms with Crippen molar-refractivity contribution < 1.29 is 0 Å². The Morgan fingerprint density at radius 1 is 0.382 bits per heavy atom. The quantitative estimate of drug-likeness (QED) is 0.166. The summed E-state index contributed by atoms with van der Waals surface area (Å²) in [6.07, 6.45) is 0. The molecule has 0 aliphatic carbocycles. The number of fused-ring (bicyclic) bond motifs is 8. The lowest BCUT2D eigenvalue weighted by Crippen LogP contribution is -2.10. The molecule has 258 valence electrons. The van der Waals surface area contributed by atoms with Crippen LogP contribution in [-0.2, 0) is 0 Å².